The maximum Gasteiger partial charge on any atom is 0.227 e. The second kappa shape index (κ2) is 11.7. The lowest BCUT2D eigenvalue weighted by molar-refractivity contribution is 0.622. The zero-order valence-electron chi connectivity index (χ0n) is 29.3. The number of fused-ring (bicyclic) bond motifs is 11. The first-order valence-electron chi connectivity index (χ1n) is 18.4. The largest absolute Gasteiger partial charge is 0.456 e. The molecule has 0 fully saturated rings. The van der Waals surface area contributed by atoms with Gasteiger partial charge in [0.05, 0.1) is 22.1 Å². The smallest absolute Gasteiger partial charge is 0.227 e. The van der Waals surface area contributed by atoms with Crippen molar-refractivity contribution in [3.8, 4) is 17.1 Å². The molecule has 4 heterocycles. The molecule has 0 saturated heterocycles. The van der Waals surface area contributed by atoms with Crippen molar-refractivity contribution in [2.24, 2.45) is 0 Å². The summed E-state index contributed by atoms with van der Waals surface area (Å²) in [6.45, 7) is 0. The third kappa shape index (κ3) is 4.55. The molecule has 0 N–H and O–H groups in total. The van der Waals surface area contributed by atoms with Crippen LogP contribution in [-0.2, 0) is 0 Å². The van der Waals surface area contributed by atoms with Crippen LogP contribution in [0.1, 0.15) is 0 Å². The van der Waals surface area contributed by atoms with E-state index in [1.54, 1.807) is 0 Å². The normalized spacial score (nSPS) is 12.0. The summed E-state index contributed by atoms with van der Waals surface area (Å²) in [5, 5.41) is 6.78. The molecular weight excluding hydrogens is 695 g/mol. The van der Waals surface area contributed by atoms with Gasteiger partial charge in [-0.15, -0.1) is 11.3 Å². The van der Waals surface area contributed by atoms with E-state index in [1.165, 1.54) is 36.5 Å². The number of anilines is 3. The molecular formula is C49H29N3O2S. The third-order valence-electron chi connectivity index (χ3n) is 10.8. The summed E-state index contributed by atoms with van der Waals surface area (Å²) in [6, 6.07) is 62.1. The van der Waals surface area contributed by atoms with Crippen LogP contribution in [0.5, 0.6) is 0 Å². The standard InChI is InChI=1S/C49H29N3O2S/c1-3-12-30(13-4-1)49-50-38-24-27-43-47(48(38)54-49)37-29-33(23-26-42(37)53-43)51(41-19-11-21-45-46(41)35-17-8-10-20-44(35)55-45)32-22-25-40-36(28-32)34-16-7-9-18-39(34)52(40)31-14-5-2-6-15-31/h1-29H. The Bertz CT molecular complexity index is 3450. The van der Waals surface area contributed by atoms with Gasteiger partial charge in [-0.3, -0.25) is 0 Å². The van der Waals surface area contributed by atoms with Gasteiger partial charge >= 0.3 is 0 Å². The quantitative estimate of drug-likeness (QED) is 0.177. The number of nitrogens with zero attached hydrogens (tertiary/aromatic N) is 3. The molecule has 0 amide bonds. The fourth-order valence-corrected chi connectivity index (χ4v) is 9.53. The van der Waals surface area contributed by atoms with Crippen molar-refractivity contribution >= 4 is 103 Å². The molecule has 0 bridgehead atoms. The molecule has 0 aliphatic rings. The minimum atomic E-state index is 0.592. The molecule has 0 aliphatic carbocycles. The topological polar surface area (TPSA) is 47.3 Å². The molecule has 12 rings (SSSR count). The van der Waals surface area contributed by atoms with Crippen LogP contribution in [0.15, 0.2) is 185 Å². The van der Waals surface area contributed by atoms with Crippen LogP contribution in [0.3, 0.4) is 0 Å². The molecule has 8 aromatic carbocycles. The van der Waals surface area contributed by atoms with Crippen LogP contribution in [0.25, 0.3) is 92.2 Å². The molecule has 5 nitrogen and oxygen atoms in total. The van der Waals surface area contributed by atoms with Gasteiger partial charge in [0.25, 0.3) is 0 Å². The van der Waals surface area contributed by atoms with E-state index >= 15 is 0 Å². The van der Waals surface area contributed by atoms with Gasteiger partial charge in [0, 0.05) is 59.0 Å². The summed E-state index contributed by atoms with van der Waals surface area (Å²) >= 11 is 1.83. The van der Waals surface area contributed by atoms with Gasteiger partial charge in [0.15, 0.2) is 5.58 Å². The predicted molar refractivity (Wildman–Crippen MR) is 229 cm³/mol. The minimum absolute atomic E-state index is 0.592. The van der Waals surface area contributed by atoms with Crippen molar-refractivity contribution in [3.63, 3.8) is 0 Å². The Hall–Kier alpha value is -7.15. The lowest BCUT2D eigenvalue weighted by Gasteiger charge is -2.27. The summed E-state index contributed by atoms with van der Waals surface area (Å²) in [5.41, 5.74) is 10.7. The maximum atomic E-state index is 6.54. The van der Waals surface area contributed by atoms with Crippen LogP contribution in [0, 0.1) is 0 Å². The molecule has 0 atom stereocenters. The van der Waals surface area contributed by atoms with Crippen molar-refractivity contribution in [1.82, 2.24) is 9.55 Å². The average molecular weight is 724 g/mol. The summed E-state index contributed by atoms with van der Waals surface area (Å²) < 4.78 is 17.9. The highest BCUT2D eigenvalue weighted by molar-refractivity contribution is 7.26. The fraction of sp³-hybridized carbons (Fsp3) is 0. The summed E-state index contributed by atoms with van der Waals surface area (Å²) in [4.78, 5) is 7.29. The second-order valence-electron chi connectivity index (χ2n) is 13.9. The molecule has 0 unspecified atom stereocenters. The first kappa shape index (κ1) is 30.3. The Morgan fingerprint density at radius 2 is 1.18 bits per heavy atom. The van der Waals surface area contributed by atoms with Gasteiger partial charge < -0.3 is 18.3 Å². The lowest BCUT2D eigenvalue weighted by Crippen LogP contribution is -2.10. The van der Waals surface area contributed by atoms with Crippen LogP contribution in [-0.4, -0.2) is 9.55 Å². The number of furan rings is 1. The van der Waals surface area contributed by atoms with E-state index in [0.717, 1.165) is 66.9 Å². The number of oxazole rings is 1. The maximum absolute atomic E-state index is 6.54. The van der Waals surface area contributed by atoms with Gasteiger partial charge in [-0.1, -0.05) is 78.9 Å². The number of hydrogen-bond acceptors (Lipinski definition) is 5. The Kier molecular flexibility index (Phi) is 6.44. The van der Waals surface area contributed by atoms with E-state index in [0.29, 0.717) is 5.89 Å². The lowest BCUT2D eigenvalue weighted by atomic mass is 10.1. The van der Waals surface area contributed by atoms with Gasteiger partial charge in [-0.2, -0.15) is 0 Å². The monoisotopic (exact) mass is 723 g/mol. The van der Waals surface area contributed by atoms with Gasteiger partial charge in [0.2, 0.25) is 5.89 Å². The van der Waals surface area contributed by atoms with E-state index in [-0.39, 0.29) is 0 Å². The highest BCUT2D eigenvalue weighted by atomic mass is 32.1. The SMILES string of the molecule is c1ccc(-c2nc3ccc4oc5ccc(N(c6ccc7c(c6)c6ccccc6n7-c6ccccc6)c6cccc7sc8ccccc8c67)cc5c4c3o2)cc1. The average Bonchev–Trinajstić information content (AvgIpc) is 4.02. The van der Waals surface area contributed by atoms with Crippen molar-refractivity contribution in [3.05, 3.63) is 176 Å². The molecule has 0 spiro atoms. The first-order valence-corrected chi connectivity index (χ1v) is 19.2. The number of hydrogen-bond donors (Lipinski definition) is 0. The third-order valence-corrected chi connectivity index (χ3v) is 11.9. The molecule has 0 saturated carbocycles. The van der Waals surface area contributed by atoms with Crippen LogP contribution < -0.4 is 4.90 Å². The number of thiophene rings is 1. The number of para-hydroxylation sites is 2. The fourth-order valence-electron chi connectivity index (χ4n) is 8.40. The highest BCUT2D eigenvalue weighted by Gasteiger charge is 2.23. The second-order valence-corrected chi connectivity index (χ2v) is 15.0. The Morgan fingerprint density at radius 3 is 2.05 bits per heavy atom. The van der Waals surface area contributed by atoms with Crippen molar-refractivity contribution in [1.29, 1.82) is 0 Å². The van der Waals surface area contributed by atoms with Gasteiger partial charge in [-0.25, -0.2) is 4.98 Å². The molecule has 4 aromatic heterocycles. The highest BCUT2D eigenvalue weighted by Crippen LogP contribution is 2.47. The summed E-state index contributed by atoms with van der Waals surface area (Å²) in [7, 11) is 0. The van der Waals surface area contributed by atoms with E-state index in [1.807, 2.05) is 53.8 Å². The Balaban J connectivity index is 1.14. The van der Waals surface area contributed by atoms with E-state index in [9.17, 15) is 0 Å². The molecule has 258 valence electrons. The molecule has 0 aliphatic heterocycles. The summed E-state index contributed by atoms with van der Waals surface area (Å²) in [6.07, 6.45) is 0. The summed E-state index contributed by atoms with van der Waals surface area (Å²) in [5.74, 6) is 0.592. The first-order chi connectivity index (χ1) is 27.3. The molecule has 0 radical (unpaired) electrons. The van der Waals surface area contributed by atoms with Crippen molar-refractivity contribution < 1.29 is 8.83 Å². The zero-order chi connectivity index (χ0) is 36.0. The molecule has 6 heteroatoms. The van der Waals surface area contributed by atoms with Crippen LogP contribution in [0.4, 0.5) is 17.1 Å². The number of aromatic nitrogens is 2. The minimum Gasteiger partial charge on any atom is -0.456 e. The van der Waals surface area contributed by atoms with Crippen LogP contribution in [0.2, 0.25) is 0 Å². The van der Waals surface area contributed by atoms with Crippen molar-refractivity contribution in [2.75, 3.05) is 4.90 Å². The predicted octanol–water partition coefficient (Wildman–Crippen LogP) is 14.3. The van der Waals surface area contributed by atoms with E-state index in [4.69, 9.17) is 13.8 Å². The van der Waals surface area contributed by atoms with E-state index in [2.05, 4.69) is 143 Å². The number of rotatable bonds is 5. The zero-order valence-corrected chi connectivity index (χ0v) is 30.1. The number of benzene rings is 8. The Labute approximate surface area is 318 Å². The van der Waals surface area contributed by atoms with Crippen LogP contribution >= 0.6 is 11.3 Å². The molecule has 12 aromatic rings. The van der Waals surface area contributed by atoms with Gasteiger partial charge in [-0.05, 0) is 97.1 Å². The van der Waals surface area contributed by atoms with E-state index < -0.39 is 0 Å². The van der Waals surface area contributed by atoms with Gasteiger partial charge in [0.1, 0.15) is 16.7 Å². The Morgan fingerprint density at radius 1 is 0.491 bits per heavy atom. The molecule has 55 heavy (non-hydrogen) atoms. The van der Waals surface area contributed by atoms with Crippen molar-refractivity contribution in [2.45, 2.75) is 0 Å².